The van der Waals surface area contributed by atoms with Gasteiger partial charge in [-0.15, -0.1) is 0 Å². The number of fused-ring (bicyclic) bond motifs is 1. The zero-order chi connectivity index (χ0) is 15.0. The monoisotopic (exact) mass is 307 g/mol. The number of carbonyl (C=O) groups excluding carboxylic acids is 1. The number of hydrogen-bond acceptors (Lipinski definition) is 3. The molecule has 0 saturated carbocycles. The Morgan fingerprint density at radius 2 is 2.29 bits per heavy atom. The van der Waals surface area contributed by atoms with Crippen LogP contribution in [0.25, 0.3) is 0 Å². The molecule has 2 fully saturated rings. The summed E-state index contributed by atoms with van der Waals surface area (Å²) in [6, 6.07) is 6.01. The molecule has 114 valence electrons. The molecule has 0 spiro atoms. The van der Waals surface area contributed by atoms with Crippen molar-refractivity contribution in [1.29, 1.82) is 0 Å². The van der Waals surface area contributed by atoms with Crippen LogP contribution < -0.4 is 10.6 Å². The van der Waals surface area contributed by atoms with Crippen LogP contribution in [0.4, 0.5) is 5.69 Å². The molecule has 0 aromatic heterocycles. The SMILES string of the molecule is Cc1cc(Cl)ccc1NC(=O)CN1CC2CNCC2C1C. The summed E-state index contributed by atoms with van der Waals surface area (Å²) in [5.74, 6) is 1.44. The Bertz CT molecular complexity index is 548. The van der Waals surface area contributed by atoms with E-state index >= 15 is 0 Å². The Balaban J connectivity index is 1.59. The van der Waals surface area contributed by atoms with Crippen LogP contribution in [-0.2, 0) is 4.79 Å². The largest absolute Gasteiger partial charge is 0.325 e. The molecule has 2 aliphatic heterocycles. The van der Waals surface area contributed by atoms with E-state index in [1.807, 2.05) is 19.1 Å². The van der Waals surface area contributed by atoms with Crippen LogP contribution in [0.15, 0.2) is 18.2 Å². The molecular weight excluding hydrogens is 286 g/mol. The van der Waals surface area contributed by atoms with E-state index in [0.29, 0.717) is 29.4 Å². The van der Waals surface area contributed by atoms with Gasteiger partial charge < -0.3 is 10.6 Å². The Morgan fingerprint density at radius 3 is 3.00 bits per heavy atom. The molecule has 1 amide bonds. The van der Waals surface area contributed by atoms with Crippen molar-refractivity contribution in [3.05, 3.63) is 28.8 Å². The van der Waals surface area contributed by atoms with Crippen molar-refractivity contribution in [1.82, 2.24) is 10.2 Å². The summed E-state index contributed by atoms with van der Waals surface area (Å²) in [5.41, 5.74) is 1.84. The third-order valence-corrected chi connectivity index (χ3v) is 5.10. The molecule has 2 saturated heterocycles. The van der Waals surface area contributed by atoms with E-state index in [-0.39, 0.29) is 5.91 Å². The van der Waals surface area contributed by atoms with Gasteiger partial charge in [-0.1, -0.05) is 11.6 Å². The minimum absolute atomic E-state index is 0.0557. The summed E-state index contributed by atoms with van der Waals surface area (Å²) >= 11 is 5.94. The van der Waals surface area contributed by atoms with Crippen molar-refractivity contribution in [2.45, 2.75) is 19.9 Å². The molecule has 0 aliphatic carbocycles. The number of likely N-dealkylation sites (tertiary alicyclic amines) is 1. The number of hydrogen-bond donors (Lipinski definition) is 2. The lowest BCUT2D eigenvalue weighted by atomic mass is 9.95. The highest BCUT2D eigenvalue weighted by atomic mass is 35.5. The zero-order valence-electron chi connectivity index (χ0n) is 12.5. The first-order valence-corrected chi connectivity index (χ1v) is 7.93. The van der Waals surface area contributed by atoms with Gasteiger partial charge in [0.15, 0.2) is 0 Å². The number of nitrogens with one attached hydrogen (secondary N) is 2. The van der Waals surface area contributed by atoms with E-state index in [1.54, 1.807) is 6.07 Å². The lowest BCUT2D eigenvalue weighted by Crippen LogP contribution is -2.39. The zero-order valence-corrected chi connectivity index (χ0v) is 13.3. The van der Waals surface area contributed by atoms with E-state index < -0.39 is 0 Å². The van der Waals surface area contributed by atoms with Crippen molar-refractivity contribution in [3.63, 3.8) is 0 Å². The molecule has 0 radical (unpaired) electrons. The van der Waals surface area contributed by atoms with E-state index in [9.17, 15) is 4.79 Å². The maximum atomic E-state index is 12.3. The number of rotatable bonds is 3. The predicted octanol–water partition coefficient (Wildman–Crippen LogP) is 2.13. The fourth-order valence-electron chi connectivity index (χ4n) is 3.61. The number of carbonyl (C=O) groups is 1. The lowest BCUT2D eigenvalue weighted by molar-refractivity contribution is -0.117. The minimum atomic E-state index is 0.0557. The van der Waals surface area contributed by atoms with Gasteiger partial charge in [0.05, 0.1) is 6.54 Å². The van der Waals surface area contributed by atoms with Crippen LogP contribution in [0.2, 0.25) is 5.02 Å². The second kappa shape index (κ2) is 5.95. The first-order chi connectivity index (χ1) is 10.0. The molecule has 5 heteroatoms. The minimum Gasteiger partial charge on any atom is -0.325 e. The third-order valence-electron chi connectivity index (χ3n) is 4.87. The second-order valence-corrected chi connectivity index (χ2v) is 6.70. The molecule has 4 nitrogen and oxygen atoms in total. The molecule has 1 aromatic carbocycles. The highest BCUT2D eigenvalue weighted by Crippen LogP contribution is 2.32. The molecule has 0 bridgehead atoms. The third kappa shape index (κ3) is 3.07. The molecule has 3 rings (SSSR count). The maximum Gasteiger partial charge on any atom is 0.238 e. The molecule has 2 heterocycles. The lowest BCUT2D eigenvalue weighted by Gasteiger charge is -2.23. The number of nitrogens with zero attached hydrogens (tertiary/aromatic N) is 1. The summed E-state index contributed by atoms with van der Waals surface area (Å²) in [6.45, 7) is 7.85. The number of benzene rings is 1. The fourth-order valence-corrected chi connectivity index (χ4v) is 3.83. The summed E-state index contributed by atoms with van der Waals surface area (Å²) in [7, 11) is 0. The predicted molar refractivity (Wildman–Crippen MR) is 85.7 cm³/mol. The van der Waals surface area contributed by atoms with Gasteiger partial charge in [-0.25, -0.2) is 0 Å². The van der Waals surface area contributed by atoms with Gasteiger partial charge in [0, 0.05) is 23.3 Å². The van der Waals surface area contributed by atoms with Gasteiger partial charge in [0.1, 0.15) is 0 Å². The van der Waals surface area contributed by atoms with Gasteiger partial charge in [0.25, 0.3) is 0 Å². The van der Waals surface area contributed by atoms with Crippen LogP contribution in [0, 0.1) is 18.8 Å². The first-order valence-electron chi connectivity index (χ1n) is 7.55. The van der Waals surface area contributed by atoms with E-state index in [1.165, 1.54) is 0 Å². The Kier molecular flexibility index (Phi) is 4.20. The molecule has 3 unspecified atom stereocenters. The average molecular weight is 308 g/mol. The van der Waals surface area contributed by atoms with Crippen LogP contribution in [-0.4, -0.2) is 43.0 Å². The summed E-state index contributed by atoms with van der Waals surface area (Å²) in [5, 5.41) is 7.13. The standard InChI is InChI=1S/C16H22ClN3O/c1-10-5-13(17)3-4-15(10)19-16(21)9-20-8-12-6-18-7-14(12)11(20)2/h3-5,11-12,14,18H,6-9H2,1-2H3,(H,19,21). The van der Waals surface area contributed by atoms with Crippen molar-refractivity contribution >= 4 is 23.2 Å². The van der Waals surface area contributed by atoms with Crippen LogP contribution >= 0.6 is 11.6 Å². The maximum absolute atomic E-state index is 12.3. The van der Waals surface area contributed by atoms with Gasteiger partial charge in [-0.3, -0.25) is 9.69 Å². The highest BCUT2D eigenvalue weighted by molar-refractivity contribution is 6.30. The van der Waals surface area contributed by atoms with Crippen molar-refractivity contribution in [3.8, 4) is 0 Å². The highest BCUT2D eigenvalue weighted by Gasteiger charge is 2.42. The van der Waals surface area contributed by atoms with Crippen molar-refractivity contribution < 1.29 is 4.79 Å². The molecule has 2 aliphatic rings. The molecule has 1 aromatic rings. The van der Waals surface area contributed by atoms with Crippen LogP contribution in [0.5, 0.6) is 0 Å². The number of amides is 1. The topological polar surface area (TPSA) is 44.4 Å². The smallest absolute Gasteiger partial charge is 0.238 e. The molecule has 21 heavy (non-hydrogen) atoms. The summed E-state index contributed by atoms with van der Waals surface area (Å²) in [4.78, 5) is 14.6. The van der Waals surface area contributed by atoms with Crippen LogP contribution in [0.3, 0.4) is 0 Å². The first kappa shape index (κ1) is 14.8. The van der Waals surface area contributed by atoms with E-state index in [4.69, 9.17) is 11.6 Å². The van der Waals surface area contributed by atoms with Gasteiger partial charge in [0.2, 0.25) is 5.91 Å². The van der Waals surface area contributed by atoms with E-state index in [2.05, 4.69) is 22.5 Å². The number of halogens is 1. The van der Waals surface area contributed by atoms with Gasteiger partial charge in [-0.2, -0.15) is 0 Å². The summed E-state index contributed by atoms with van der Waals surface area (Å²) in [6.07, 6.45) is 0. The van der Waals surface area contributed by atoms with Crippen LogP contribution in [0.1, 0.15) is 12.5 Å². The Labute approximate surface area is 130 Å². The summed E-state index contributed by atoms with van der Waals surface area (Å²) < 4.78 is 0. The Hall–Kier alpha value is -1.10. The fraction of sp³-hybridized carbons (Fsp3) is 0.562. The molecule has 3 atom stereocenters. The Morgan fingerprint density at radius 1 is 1.48 bits per heavy atom. The normalized spacial score (nSPS) is 28.6. The second-order valence-electron chi connectivity index (χ2n) is 6.26. The van der Waals surface area contributed by atoms with Crippen molar-refractivity contribution in [2.75, 3.05) is 31.5 Å². The van der Waals surface area contributed by atoms with Crippen molar-refractivity contribution in [2.24, 2.45) is 11.8 Å². The van der Waals surface area contributed by atoms with E-state index in [0.717, 1.165) is 30.9 Å². The average Bonchev–Trinajstić information content (AvgIpc) is 2.98. The van der Waals surface area contributed by atoms with Gasteiger partial charge in [-0.05, 0) is 62.5 Å². The number of anilines is 1. The quantitative estimate of drug-likeness (QED) is 0.899. The number of aryl methyl sites for hydroxylation is 1. The molecular formula is C16H22ClN3O. The van der Waals surface area contributed by atoms with Gasteiger partial charge >= 0.3 is 0 Å². The molecule has 2 N–H and O–H groups in total.